The van der Waals surface area contributed by atoms with Gasteiger partial charge in [0.25, 0.3) is 5.69 Å². The van der Waals surface area contributed by atoms with Crippen LogP contribution >= 0.6 is 87.2 Å². The van der Waals surface area contributed by atoms with Crippen molar-refractivity contribution in [3.63, 3.8) is 0 Å². The fourth-order valence-corrected chi connectivity index (χ4v) is 13.6. The number of nitro benzene ring substituents is 1. The number of thioether (sulfide) groups is 2. The third-order valence-electron chi connectivity index (χ3n) is 19.1. The molecule has 0 saturated carbocycles. The van der Waals surface area contributed by atoms with Crippen LogP contribution in [0.1, 0.15) is 200 Å². The second-order valence-corrected chi connectivity index (χ2v) is 35.4. The number of nitrogens with zero attached hydrogens (tertiary/aromatic N) is 5. The van der Waals surface area contributed by atoms with Gasteiger partial charge in [0.1, 0.15) is 26.4 Å². The van der Waals surface area contributed by atoms with Gasteiger partial charge in [-0.1, -0.05) is 148 Å². The van der Waals surface area contributed by atoms with Gasteiger partial charge in [0.15, 0.2) is 0 Å². The first-order valence-corrected chi connectivity index (χ1v) is 54.1. The van der Waals surface area contributed by atoms with E-state index in [0.717, 1.165) is 107 Å². The molecule has 12 N–H and O–H groups in total. The largest absolute Gasteiger partial charge is 0.447 e. The number of hydrogen-bond donors (Lipinski definition) is 12. The average Bonchev–Trinajstić information content (AvgIpc) is 0.921. The maximum Gasteiger partial charge on any atom is 0.409 e. The summed E-state index contributed by atoms with van der Waals surface area (Å²) in [6.07, 6.45) is 14.2. The van der Waals surface area contributed by atoms with Gasteiger partial charge in [0, 0.05) is 182 Å². The van der Waals surface area contributed by atoms with Crippen molar-refractivity contribution in [2.45, 2.75) is 202 Å². The zero-order chi connectivity index (χ0) is 101. The molecule has 1 rings (SSSR count). The second kappa shape index (κ2) is 93.2. The zero-order valence-corrected chi connectivity index (χ0v) is 88.5. The summed E-state index contributed by atoms with van der Waals surface area (Å²) in [5.74, 6) is 1.38. The Balaban J connectivity index is 0. The highest BCUT2D eigenvalue weighted by Gasteiger charge is 2.22. The summed E-state index contributed by atoms with van der Waals surface area (Å²) < 4.78 is 32.5. The molecule has 0 atom stereocenters. The number of halogens is 4. The summed E-state index contributed by atoms with van der Waals surface area (Å²) in [6.45, 7) is 16.3. The van der Waals surface area contributed by atoms with Gasteiger partial charge in [-0.15, -0.1) is 0 Å². The van der Waals surface area contributed by atoms with Crippen LogP contribution in [-0.2, 0) is 86.0 Å². The van der Waals surface area contributed by atoms with Crippen LogP contribution in [0.25, 0.3) is 0 Å². The quantitative estimate of drug-likeness (QED) is 0.00958. The minimum absolute atomic E-state index is 0.0183. The number of benzene rings is 1. The Labute approximate surface area is 845 Å². The molecule has 136 heavy (non-hydrogen) atoms. The molecule has 0 aliphatic carbocycles. The van der Waals surface area contributed by atoms with Crippen molar-refractivity contribution >= 4 is 188 Å². The molecule has 0 spiro atoms. The van der Waals surface area contributed by atoms with Crippen LogP contribution in [0.2, 0.25) is 0 Å². The average molecular weight is 2230 g/mol. The third kappa shape index (κ3) is 82.9. The van der Waals surface area contributed by atoms with Gasteiger partial charge < -0.3 is 112 Å². The molecule has 0 fully saturated rings. The molecule has 41 nitrogen and oxygen atoms in total. The highest BCUT2D eigenvalue weighted by atomic mass is 79.9. The Morgan fingerprint density at radius 1 is 0.287 bits per heavy atom. The molecule has 780 valence electrons. The molecular formula is C89H155Br4N17O24S2. The first-order chi connectivity index (χ1) is 65.6. The van der Waals surface area contributed by atoms with Gasteiger partial charge in [-0.3, -0.25) is 67.6 Å². The number of carbonyl (C=O) groups is 16. The number of unbranched alkanes of at least 4 members (excludes halogenated alkanes) is 12. The van der Waals surface area contributed by atoms with Crippen LogP contribution in [0.5, 0.6) is 0 Å². The highest BCUT2D eigenvalue weighted by molar-refractivity contribution is 9.10. The predicted molar refractivity (Wildman–Crippen MR) is 540 cm³/mol. The Hall–Kier alpha value is -8.12. The number of rotatable bonds is 81. The Kier molecular flexibility index (Phi) is 89.0. The van der Waals surface area contributed by atoms with Crippen molar-refractivity contribution in [2.75, 3.05) is 228 Å². The molecule has 16 amide bonds. The van der Waals surface area contributed by atoms with Crippen LogP contribution in [0, 0.1) is 17.0 Å². The second-order valence-electron chi connectivity index (χ2n) is 30.6. The first kappa shape index (κ1) is 130. The fourth-order valence-electron chi connectivity index (χ4n) is 11.8. The molecule has 0 heterocycles. The first-order valence-electron chi connectivity index (χ1n) is 47.3. The summed E-state index contributed by atoms with van der Waals surface area (Å²) in [7, 11) is 0. The molecular weight excluding hydrogens is 2070 g/mol. The van der Waals surface area contributed by atoms with Gasteiger partial charge in [-0.05, 0) is 108 Å². The molecule has 47 heteroatoms. The van der Waals surface area contributed by atoms with Gasteiger partial charge in [-0.25, -0.2) is 19.2 Å². The lowest BCUT2D eigenvalue weighted by molar-refractivity contribution is -0.384. The van der Waals surface area contributed by atoms with Crippen LogP contribution in [0.3, 0.4) is 0 Å². The van der Waals surface area contributed by atoms with E-state index >= 15 is 0 Å². The van der Waals surface area contributed by atoms with E-state index in [9.17, 15) is 86.8 Å². The lowest BCUT2D eigenvalue weighted by Gasteiger charge is -2.23. The van der Waals surface area contributed by atoms with Crippen molar-refractivity contribution in [1.29, 1.82) is 0 Å². The number of alkyl halides is 4. The van der Waals surface area contributed by atoms with Crippen molar-refractivity contribution in [2.24, 2.45) is 0 Å². The maximum atomic E-state index is 13.1. The molecule has 0 aromatic heterocycles. The van der Waals surface area contributed by atoms with E-state index in [-0.39, 0.29) is 261 Å². The van der Waals surface area contributed by atoms with Gasteiger partial charge in [0.05, 0.1) is 64.2 Å². The molecule has 0 saturated heterocycles. The number of hydrogen-bond acceptors (Lipinski definition) is 26. The molecule has 0 aliphatic rings. The number of non-ortho nitro benzene ring substituents is 1. The van der Waals surface area contributed by atoms with E-state index in [1.54, 1.807) is 40.6 Å². The fraction of sp³-hybridized carbons (Fsp3) is 0.753. The number of nitrogens with one attached hydrogen (secondary N) is 12. The van der Waals surface area contributed by atoms with Crippen molar-refractivity contribution in [3.05, 3.63) is 39.9 Å². The van der Waals surface area contributed by atoms with Gasteiger partial charge in [-0.2, -0.15) is 23.5 Å². The maximum absolute atomic E-state index is 13.1. The normalized spacial score (nSPS) is 10.5. The van der Waals surface area contributed by atoms with Crippen LogP contribution in [-0.4, -0.2) is 348 Å². The molecule has 0 unspecified atom stereocenters. The van der Waals surface area contributed by atoms with Gasteiger partial charge >= 0.3 is 24.4 Å². The number of aryl methyl sites for hydroxylation is 1. The summed E-state index contributed by atoms with van der Waals surface area (Å²) in [6, 6.07) is 6.43. The number of amides is 16. The lowest BCUT2D eigenvalue weighted by atomic mass is 10.2. The van der Waals surface area contributed by atoms with Crippen LogP contribution < -0.4 is 63.8 Å². The van der Waals surface area contributed by atoms with Gasteiger partial charge in [0.2, 0.25) is 70.9 Å². The summed E-state index contributed by atoms with van der Waals surface area (Å²) in [4.78, 5) is 210. The number of carbonyl (C=O) groups excluding carboxylic acids is 16. The third-order valence-corrected chi connectivity index (χ3v) is 22.9. The van der Waals surface area contributed by atoms with E-state index in [4.69, 9.17) is 28.4 Å². The zero-order valence-electron chi connectivity index (χ0n) is 80.5. The summed E-state index contributed by atoms with van der Waals surface area (Å²) in [5.41, 5.74) is 1.18. The predicted octanol–water partition coefficient (Wildman–Crippen LogP) is 8.33. The van der Waals surface area contributed by atoms with Crippen molar-refractivity contribution in [1.82, 2.24) is 83.4 Å². The van der Waals surface area contributed by atoms with Crippen LogP contribution in [0.15, 0.2) is 24.3 Å². The minimum atomic E-state index is -0.684. The van der Waals surface area contributed by atoms with Crippen molar-refractivity contribution < 1.29 is 110 Å². The molecule has 0 radical (unpaired) electrons. The Morgan fingerprint density at radius 2 is 0.493 bits per heavy atom. The highest BCUT2D eigenvalue weighted by Crippen LogP contribution is 2.12. The van der Waals surface area contributed by atoms with E-state index in [1.165, 1.54) is 26.8 Å². The smallest absolute Gasteiger partial charge is 0.409 e. The summed E-state index contributed by atoms with van der Waals surface area (Å²) in [5, 5.41) is 44.7. The SMILES string of the molecule is CCCN(CCC)C(=O)OCCOCCOC(=O)N(CCNC(=O)CCCCCNC(=O)CSCC)CCNC(=O)CCCCCNC(=O)CSCC.Cc1ccc([N+](=O)[O-])cc1.O=C(CBr)NCCCCCC(=O)NCCN(CCNC(=O)CCCCCNC(=O)CBr)C(=O)OCCOCCOC(=O)N(CCNC(=O)CCCCCNC(=O)CBr)CCNC(=O)CCCCCNC(=O)CBr. The van der Waals surface area contributed by atoms with Crippen molar-refractivity contribution in [3.8, 4) is 0 Å². The summed E-state index contributed by atoms with van der Waals surface area (Å²) >= 11 is 15.5. The van der Waals surface area contributed by atoms with E-state index in [0.29, 0.717) is 115 Å². The molecule has 0 bridgehead atoms. The minimum Gasteiger partial charge on any atom is -0.447 e. The van der Waals surface area contributed by atoms with Crippen LogP contribution in [0.4, 0.5) is 24.9 Å². The van der Waals surface area contributed by atoms with E-state index in [2.05, 4.69) is 128 Å². The van der Waals surface area contributed by atoms with E-state index in [1.807, 2.05) is 34.6 Å². The topological polar surface area (TPSA) is 529 Å². The Morgan fingerprint density at radius 3 is 0.691 bits per heavy atom. The molecule has 1 aromatic carbocycles. The number of ether oxygens (including phenoxy) is 6. The number of nitro groups is 1. The monoisotopic (exact) mass is 2230 g/mol. The van der Waals surface area contributed by atoms with E-state index < -0.39 is 23.2 Å². The lowest BCUT2D eigenvalue weighted by Crippen LogP contribution is -2.43. The molecule has 1 aromatic rings. The standard InChI is InChI=1S/C46H80Br4N10O13.C36H68N6O9S2.C7H7NO2/c47-33-41(65)51-17-9-1-5-13-37(61)55-21-25-59(26-22-56-38(62)14-6-2-10-18-52-42(66)34-48)45(69)72-31-29-71-30-32-73-46(70)60(27-23-57-39(63)15-7-3-11-19-53-43(67)35-49)28-24-58-40(64)16-8-4-12-20-54-44(68)36-50;1-5-21-41(22-6-2)35(47)50-27-25-49-26-28-51-36(48)42(23-19-39-31(43)15-11-9-13-17-37-33(45)29-52-7-3)24-20-40-32(44)16-12-10-14-18-38-34(46)30-53-8-4;1-6-2-4-7(5-3-6)8(9)10/h1-36H2,(H,51,65)(H,52,66)(H,53,67)(H,54,68)(H,55,61)(H,56,62)(H,57,63)(H,58,64);5-30H2,1-4H3,(H,37,45)(H,38,46)(H,39,43)(H,40,44);2-5H,1H3. The molecule has 0 aliphatic heterocycles. The Bertz CT molecular complexity index is 3220.